The van der Waals surface area contributed by atoms with E-state index in [1.54, 1.807) is 36.4 Å². The maximum absolute atomic E-state index is 13.5. The van der Waals surface area contributed by atoms with Crippen molar-refractivity contribution in [1.29, 1.82) is 0 Å². The maximum Gasteiger partial charge on any atom is 0.335 e. The summed E-state index contributed by atoms with van der Waals surface area (Å²) in [7, 11) is 1.45. The van der Waals surface area contributed by atoms with Crippen molar-refractivity contribution in [3.8, 4) is 11.5 Å². The quantitative estimate of drug-likeness (QED) is 0.313. The Kier molecular flexibility index (Phi) is 7.49. The monoisotopic (exact) mass is 552 g/mol. The van der Waals surface area contributed by atoms with E-state index in [0.717, 1.165) is 16.9 Å². The third-order valence-corrected chi connectivity index (χ3v) is 6.13. The molecule has 1 heterocycles. The highest BCUT2D eigenvalue weighted by atomic mass is 79.9. The lowest BCUT2D eigenvalue weighted by molar-refractivity contribution is -0.122. The van der Waals surface area contributed by atoms with Gasteiger partial charge in [0.15, 0.2) is 11.5 Å². The number of aryl methyl sites for hydroxylation is 1. The van der Waals surface area contributed by atoms with Gasteiger partial charge in [-0.1, -0.05) is 31.2 Å². The Bertz CT molecular complexity index is 1370. The average Bonchev–Trinajstić information content (AvgIpc) is 2.86. The molecule has 9 heteroatoms. The van der Waals surface area contributed by atoms with E-state index in [9.17, 15) is 18.8 Å². The van der Waals surface area contributed by atoms with Crippen LogP contribution in [0.25, 0.3) is 6.08 Å². The van der Waals surface area contributed by atoms with Gasteiger partial charge in [0.2, 0.25) is 0 Å². The van der Waals surface area contributed by atoms with E-state index in [1.807, 2.05) is 19.1 Å². The number of benzene rings is 3. The average molecular weight is 553 g/mol. The van der Waals surface area contributed by atoms with Crippen molar-refractivity contribution in [3.05, 3.63) is 93.2 Å². The highest BCUT2D eigenvalue weighted by Crippen LogP contribution is 2.38. The van der Waals surface area contributed by atoms with Crippen molar-refractivity contribution in [1.82, 2.24) is 5.32 Å². The number of carbonyl (C=O) groups is 3. The molecular weight excluding hydrogens is 531 g/mol. The van der Waals surface area contributed by atoms with Crippen LogP contribution >= 0.6 is 15.9 Å². The van der Waals surface area contributed by atoms with Crippen molar-refractivity contribution in [2.24, 2.45) is 0 Å². The third kappa shape index (κ3) is 5.31. The van der Waals surface area contributed by atoms with Crippen molar-refractivity contribution < 1.29 is 28.2 Å². The van der Waals surface area contributed by atoms with Gasteiger partial charge in [0.05, 0.1) is 17.3 Å². The summed E-state index contributed by atoms with van der Waals surface area (Å²) in [5.74, 6) is -1.20. The molecule has 0 aromatic heterocycles. The largest absolute Gasteiger partial charge is 0.493 e. The molecule has 7 nitrogen and oxygen atoms in total. The number of carbonyl (C=O) groups excluding carboxylic acids is 3. The summed E-state index contributed by atoms with van der Waals surface area (Å²) >= 11 is 3.44. The number of halogens is 2. The van der Waals surface area contributed by atoms with Crippen LogP contribution in [-0.4, -0.2) is 25.0 Å². The zero-order valence-electron chi connectivity index (χ0n) is 19.5. The number of hydrogen-bond donors (Lipinski definition) is 1. The summed E-state index contributed by atoms with van der Waals surface area (Å²) in [5.41, 5.74) is 2.29. The lowest BCUT2D eigenvalue weighted by Crippen LogP contribution is -2.54. The lowest BCUT2D eigenvalue weighted by Gasteiger charge is -2.26. The standard InChI is InChI=1S/C27H22BrFN2O5/c1-3-16-7-9-20(10-8-16)31-26(33)21(25(32)30-27(31)34)12-18-13-22(28)24(23(14-18)35-2)36-15-17-5-4-6-19(29)11-17/h4-14H,3,15H2,1-2H3,(H,30,32,34)/b21-12-. The summed E-state index contributed by atoms with van der Waals surface area (Å²) in [6.07, 6.45) is 2.18. The van der Waals surface area contributed by atoms with Crippen LogP contribution in [0.4, 0.5) is 14.9 Å². The Balaban J connectivity index is 1.63. The number of nitrogens with zero attached hydrogens (tertiary/aromatic N) is 1. The third-order valence-electron chi connectivity index (χ3n) is 5.54. The predicted molar refractivity (Wildman–Crippen MR) is 136 cm³/mol. The number of hydrogen-bond acceptors (Lipinski definition) is 5. The molecule has 1 fully saturated rings. The highest BCUT2D eigenvalue weighted by Gasteiger charge is 2.36. The first-order valence-corrected chi connectivity index (χ1v) is 11.8. The summed E-state index contributed by atoms with van der Waals surface area (Å²) < 4.78 is 25.2. The van der Waals surface area contributed by atoms with Crippen LogP contribution in [0.2, 0.25) is 0 Å². The molecule has 1 N–H and O–H groups in total. The molecule has 0 saturated carbocycles. The van der Waals surface area contributed by atoms with E-state index in [2.05, 4.69) is 21.2 Å². The van der Waals surface area contributed by atoms with Crippen LogP contribution in [0.1, 0.15) is 23.6 Å². The second kappa shape index (κ2) is 10.7. The van der Waals surface area contributed by atoms with Crippen LogP contribution < -0.4 is 19.7 Å². The Morgan fingerprint density at radius 3 is 2.44 bits per heavy atom. The molecule has 4 rings (SSSR count). The Labute approximate surface area is 215 Å². The molecule has 1 aliphatic heterocycles. The zero-order valence-corrected chi connectivity index (χ0v) is 21.1. The minimum absolute atomic E-state index is 0.0991. The molecular formula is C27H22BrFN2O5. The fraction of sp³-hybridized carbons (Fsp3) is 0.148. The topological polar surface area (TPSA) is 84.9 Å². The number of methoxy groups -OCH3 is 1. The van der Waals surface area contributed by atoms with Gasteiger partial charge in [-0.2, -0.15) is 0 Å². The number of amides is 4. The van der Waals surface area contributed by atoms with Crippen molar-refractivity contribution in [3.63, 3.8) is 0 Å². The lowest BCUT2D eigenvalue weighted by atomic mass is 10.1. The molecule has 36 heavy (non-hydrogen) atoms. The molecule has 0 radical (unpaired) electrons. The molecule has 3 aromatic carbocycles. The van der Waals surface area contributed by atoms with Gasteiger partial charge in [-0.3, -0.25) is 14.9 Å². The van der Waals surface area contributed by atoms with Gasteiger partial charge in [0.1, 0.15) is 18.0 Å². The minimum Gasteiger partial charge on any atom is -0.493 e. The number of urea groups is 1. The molecule has 1 aliphatic rings. The van der Waals surface area contributed by atoms with E-state index >= 15 is 0 Å². The number of imide groups is 2. The van der Waals surface area contributed by atoms with Crippen LogP contribution in [0.3, 0.4) is 0 Å². The molecule has 0 aliphatic carbocycles. The predicted octanol–water partition coefficient (Wildman–Crippen LogP) is 5.40. The van der Waals surface area contributed by atoms with Gasteiger partial charge in [0.25, 0.3) is 11.8 Å². The number of nitrogens with one attached hydrogen (secondary N) is 1. The van der Waals surface area contributed by atoms with E-state index in [4.69, 9.17) is 9.47 Å². The first kappa shape index (κ1) is 25.1. The highest BCUT2D eigenvalue weighted by molar-refractivity contribution is 9.10. The summed E-state index contributed by atoms with van der Waals surface area (Å²) in [6, 6.07) is 15.4. The van der Waals surface area contributed by atoms with Crippen molar-refractivity contribution in [2.75, 3.05) is 12.0 Å². The summed E-state index contributed by atoms with van der Waals surface area (Å²) in [6.45, 7) is 2.10. The molecule has 0 bridgehead atoms. The Morgan fingerprint density at radius 2 is 1.78 bits per heavy atom. The molecule has 184 valence electrons. The van der Waals surface area contributed by atoms with Gasteiger partial charge in [-0.15, -0.1) is 0 Å². The maximum atomic E-state index is 13.5. The van der Waals surface area contributed by atoms with Crippen molar-refractivity contribution >= 4 is 45.5 Å². The van der Waals surface area contributed by atoms with Crippen LogP contribution in [0, 0.1) is 5.82 Å². The second-order valence-electron chi connectivity index (χ2n) is 7.93. The number of ether oxygens (including phenoxy) is 2. The van der Waals surface area contributed by atoms with Gasteiger partial charge >= 0.3 is 6.03 Å². The van der Waals surface area contributed by atoms with E-state index in [-0.39, 0.29) is 18.0 Å². The van der Waals surface area contributed by atoms with Gasteiger partial charge in [-0.25, -0.2) is 14.1 Å². The fourth-order valence-corrected chi connectivity index (χ4v) is 4.26. The van der Waals surface area contributed by atoms with Gasteiger partial charge < -0.3 is 9.47 Å². The number of barbiturate groups is 1. The van der Waals surface area contributed by atoms with Crippen LogP contribution in [0.5, 0.6) is 11.5 Å². The van der Waals surface area contributed by atoms with Gasteiger partial charge in [-0.05, 0) is 81.5 Å². The van der Waals surface area contributed by atoms with E-state index in [0.29, 0.717) is 32.8 Å². The molecule has 4 amide bonds. The van der Waals surface area contributed by atoms with E-state index < -0.39 is 17.8 Å². The Hall–Kier alpha value is -3.98. The van der Waals surface area contributed by atoms with Crippen molar-refractivity contribution in [2.45, 2.75) is 20.0 Å². The molecule has 1 saturated heterocycles. The number of rotatable bonds is 7. The Morgan fingerprint density at radius 1 is 1.03 bits per heavy atom. The second-order valence-corrected chi connectivity index (χ2v) is 8.78. The normalized spacial score (nSPS) is 14.7. The molecule has 0 spiro atoms. The molecule has 3 aromatic rings. The molecule has 0 unspecified atom stereocenters. The van der Waals surface area contributed by atoms with Crippen LogP contribution in [0.15, 0.2) is 70.7 Å². The summed E-state index contributed by atoms with van der Waals surface area (Å²) in [4.78, 5) is 39.1. The number of anilines is 1. The van der Waals surface area contributed by atoms with Gasteiger partial charge in [0, 0.05) is 0 Å². The SMILES string of the molecule is CCc1ccc(N2C(=O)NC(=O)/C(=C/c3cc(Br)c(OCc4cccc(F)c4)c(OC)c3)C2=O)cc1. The van der Waals surface area contributed by atoms with E-state index in [1.165, 1.54) is 25.3 Å². The summed E-state index contributed by atoms with van der Waals surface area (Å²) in [5, 5.41) is 2.22. The smallest absolute Gasteiger partial charge is 0.335 e. The molecule has 0 atom stereocenters. The first-order chi connectivity index (χ1) is 17.3. The fourth-order valence-electron chi connectivity index (χ4n) is 3.68. The minimum atomic E-state index is -0.814. The first-order valence-electron chi connectivity index (χ1n) is 11.1. The zero-order chi connectivity index (χ0) is 25.8. The van der Waals surface area contributed by atoms with Crippen LogP contribution in [-0.2, 0) is 22.6 Å².